The van der Waals surface area contributed by atoms with E-state index >= 15 is 0 Å². The van der Waals surface area contributed by atoms with Gasteiger partial charge in [-0.25, -0.2) is 0 Å². The summed E-state index contributed by atoms with van der Waals surface area (Å²) in [6.07, 6.45) is 1.21. The van der Waals surface area contributed by atoms with Gasteiger partial charge < -0.3 is 5.32 Å². The fourth-order valence-electron chi connectivity index (χ4n) is 1.43. The minimum atomic E-state index is 0.175. The van der Waals surface area contributed by atoms with Crippen molar-refractivity contribution in [2.45, 2.75) is 63.3 Å². The summed E-state index contributed by atoms with van der Waals surface area (Å²) in [5.74, 6) is 0. The van der Waals surface area contributed by atoms with Gasteiger partial charge in [0.2, 0.25) is 0 Å². The molecule has 1 aromatic carbocycles. The quantitative estimate of drug-likeness (QED) is 0.775. The van der Waals surface area contributed by atoms with Gasteiger partial charge in [0.25, 0.3) is 0 Å². The van der Waals surface area contributed by atoms with Crippen molar-refractivity contribution in [1.82, 2.24) is 5.32 Å². The van der Waals surface area contributed by atoms with Crippen LogP contribution in [-0.4, -0.2) is 10.8 Å². The molecular formula is C15H25NS. The third-order valence-corrected chi connectivity index (χ3v) is 4.07. The molecule has 1 atom stereocenters. The van der Waals surface area contributed by atoms with Crippen molar-refractivity contribution in [2.75, 3.05) is 0 Å². The molecule has 0 aliphatic carbocycles. The normalized spacial score (nSPS) is 13.7. The lowest BCUT2D eigenvalue weighted by Gasteiger charge is -2.22. The Kier molecular flexibility index (Phi) is 5.54. The van der Waals surface area contributed by atoms with Crippen molar-refractivity contribution < 1.29 is 0 Å². The predicted molar refractivity (Wildman–Crippen MR) is 78.6 cm³/mol. The lowest BCUT2D eigenvalue weighted by molar-refractivity contribution is 0.422. The van der Waals surface area contributed by atoms with Crippen LogP contribution in [0.15, 0.2) is 29.2 Å². The molecule has 2 heteroatoms. The van der Waals surface area contributed by atoms with Crippen LogP contribution in [0.1, 0.15) is 46.6 Å². The molecule has 0 saturated carbocycles. The summed E-state index contributed by atoms with van der Waals surface area (Å²) < 4.78 is 0. The summed E-state index contributed by atoms with van der Waals surface area (Å²) >= 11 is 1.98. The van der Waals surface area contributed by atoms with E-state index in [4.69, 9.17) is 0 Å². The molecule has 1 N–H and O–H groups in total. The molecule has 0 saturated heterocycles. The minimum Gasteiger partial charge on any atom is -0.308 e. The van der Waals surface area contributed by atoms with E-state index < -0.39 is 0 Å². The second-order valence-corrected chi connectivity index (χ2v) is 7.03. The molecule has 0 fully saturated rings. The van der Waals surface area contributed by atoms with E-state index in [1.807, 2.05) is 11.8 Å². The molecule has 0 radical (unpaired) electrons. The topological polar surface area (TPSA) is 12.0 Å². The highest BCUT2D eigenvalue weighted by Gasteiger charge is 2.11. The van der Waals surface area contributed by atoms with Gasteiger partial charge in [-0.05, 0) is 38.8 Å². The van der Waals surface area contributed by atoms with Gasteiger partial charge in [0, 0.05) is 22.2 Å². The summed E-state index contributed by atoms with van der Waals surface area (Å²) in [6.45, 7) is 12.1. The summed E-state index contributed by atoms with van der Waals surface area (Å²) in [5.41, 5.74) is 1.58. The van der Waals surface area contributed by atoms with E-state index in [0.29, 0.717) is 5.25 Å². The van der Waals surface area contributed by atoms with E-state index in [0.717, 1.165) is 6.54 Å². The van der Waals surface area contributed by atoms with Crippen LogP contribution in [0.2, 0.25) is 0 Å². The molecule has 0 heterocycles. The van der Waals surface area contributed by atoms with Crippen LogP contribution in [-0.2, 0) is 6.54 Å². The van der Waals surface area contributed by atoms with Crippen LogP contribution in [0.5, 0.6) is 0 Å². The number of hydrogen-bond acceptors (Lipinski definition) is 2. The smallest absolute Gasteiger partial charge is 0.0221 e. The molecule has 96 valence electrons. The molecule has 1 aromatic rings. The number of rotatable bonds is 5. The van der Waals surface area contributed by atoms with Gasteiger partial charge in [-0.1, -0.05) is 32.0 Å². The van der Waals surface area contributed by atoms with Gasteiger partial charge >= 0.3 is 0 Å². The van der Waals surface area contributed by atoms with Gasteiger partial charge in [0.05, 0.1) is 0 Å². The lowest BCUT2D eigenvalue weighted by Crippen LogP contribution is -2.35. The molecule has 0 aromatic heterocycles. The maximum absolute atomic E-state index is 3.56. The highest BCUT2D eigenvalue weighted by molar-refractivity contribution is 8.00. The minimum absolute atomic E-state index is 0.175. The van der Waals surface area contributed by atoms with Crippen LogP contribution in [0.25, 0.3) is 0 Å². The third-order valence-electron chi connectivity index (χ3n) is 2.68. The van der Waals surface area contributed by atoms with Crippen LogP contribution in [0.4, 0.5) is 0 Å². The highest BCUT2D eigenvalue weighted by atomic mass is 32.2. The van der Waals surface area contributed by atoms with Gasteiger partial charge in [0.15, 0.2) is 0 Å². The van der Waals surface area contributed by atoms with Crippen molar-refractivity contribution in [2.24, 2.45) is 0 Å². The molecule has 0 aliphatic heterocycles. The zero-order valence-electron chi connectivity index (χ0n) is 11.7. The predicted octanol–water partition coefficient (Wildman–Crippen LogP) is 4.47. The van der Waals surface area contributed by atoms with Crippen LogP contribution in [0, 0.1) is 0 Å². The maximum atomic E-state index is 3.56. The molecule has 17 heavy (non-hydrogen) atoms. The van der Waals surface area contributed by atoms with Crippen molar-refractivity contribution >= 4 is 11.8 Å². The Morgan fingerprint density at radius 3 is 2.47 bits per heavy atom. The molecule has 0 aliphatic rings. The number of nitrogens with one attached hydrogen (secondary N) is 1. The van der Waals surface area contributed by atoms with Gasteiger partial charge in [-0.15, -0.1) is 11.8 Å². The van der Waals surface area contributed by atoms with Gasteiger partial charge in [0.1, 0.15) is 0 Å². The van der Waals surface area contributed by atoms with Crippen molar-refractivity contribution in [3.63, 3.8) is 0 Å². The second kappa shape index (κ2) is 6.46. The third kappa shape index (κ3) is 5.60. The van der Waals surface area contributed by atoms with E-state index in [1.54, 1.807) is 0 Å². The SMILES string of the molecule is CCC(C)Sc1ccccc1CNC(C)(C)C. The Morgan fingerprint density at radius 2 is 1.88 bits per heavy atom. The largest absolute Gasteiger partial charge is 0.308 e. The molecular weight excluding hydrogens is 226 g/mol. The monoisotopic (exact) mass is 251 g/mol. The maximum Gasteiger partial charge on any atom is 0.0221 e. The molecule has 0 amide bonds. The fraction of sp³-hybridized carbons (Fsp3) is 0.600. The number of thioether (sulfide) groups is 1. The van der Waals surface area contributed by atoms with Crippen molar-refractivity contribution in [3.05, 3.63) is 29.8 Å². The summed E-state index contributed by atoms with van der Waals surface area (Å²) in [5, 5.41) is 4.24. The number of benzene rings is 1. The first-order valence-corrected chi connectivity index (χ1v) is 7.30. The highest BCUT2D eigenvalue weighted by Crippen LogP contribution is 2.28. The Bertz CT molecular complexity index is 341. The van der Waals surface area contributed by atoms with Crippen molar-refractivity contribution in [3.8, 4) is 0 Å². The molecule has 0 spiro atoms. The first-order valence-electron chi connectivity index (χ1n) is 6.42. The second-order valence-electron chi connectivity index (χ2n) is 5.55. The molecule has 1 rings (SSSR count). The zero-order valence-corrected chi connectivity index (χ0v) is 12.5. The lowest BCUT2D eigenvalue weighted by atomic mass is 10.1. The zero-order chi connectivity index (χ0) is 12.9. The first kappa shape index (κ1) is 14.6. The Balaban J connectivity index is 2.70. The standard InChI is InChI=1S/C15H25NS/c1-6-12(2)17-14-10-8-7-9-13(14)11-16-15(3,4)5/h7-10,12,16H,6,11H2,1-5H3. The Hall–Kier alpha value is -0.470. The van der Waals surface area contributed by atoms with E-state index in [1.165, 1.54) is 16.9 Å². The molecule has 0 bridgehead atoms. The average Bonchev–Trinajstić information content (AvgIpc) is 2.26. The van der Waals surface area contributed by atoms with Crippen LogP contribution in [0.3, 0.4) is 0 Å². The van der Waals surface area contributed by atoms with Crippen molar-refractivity contribution in [1.29, 1.82) is 0 Å². The molecule has 1 unspecified atom stereocenters. The summed E-state index contributed by atoms with van der Waals surface area (Å²) in [7, 11) is 0. The Morgan fingerprint density at radius 1 is 1.24 bits per heavy atom. The van der Waals surface area contributed by atoms with Gasteiger partial charge in [-0.2, -0.15) is 0 Å². The van der Waals surface area contributed by atoms with E-state index in [2.05, 4.69) is 64.2 Å². The first-order chi connectivity index (χ1) is 7.92. The van der Waals surface area contributed by atoms with E-state index in [9.17, 15) is 0 Å². The van der Waals surface area contributed by atoms with Gasteiger partial charge in [-0.3, -0.25) is 0 Å². The van der Waals surface area contributed by atoms with Crippen LogP contribution < -0.4 is 5.32 Å². The number of hydrogen-bond donors (Lipinski definition) is 1. The average molecular weight is 251 g/mol. The summed E-state index contributed by atoms with van der Waals surface area (Å²) in [6, 6.07) is 8.71. The van der Waals surface area contributed by atoms with E-state index in [-0.39, 0.29) is 5.54 Å². The molecule has 1 nitrogen and oxygen atoms in total. The summed E-state index contributed by atoms with van der Waals surface area (Å²) in [4.78, 5) is 1.42. The fourth-order valence-corrected chi connectivity index (χ4v) is 2.47. The Labute approximate surface area is 110 Å². The van der Waals surface area contributed by atoms with Crippen LogP contribution >= 0.6 is 11.8 Å².